The van der Waals surface area contributed by atoms with Crippen LogP contribution >= 0.6 is 27.7 Å². The van der Waals surface area contributed by atoms with Crippen LogP contribution in [0.5, 0.6) is 0 Å². The Labute approximate surface area is 114 Å². The molecule has 2 aromatic rings. The van der Waals surface area contributed by atoms with Crippen LogP contribution < -0.4 is 5.73 Å². The second-order valence-electron chi connectivity index (χ2n) is 3.79. The van der Waals surface area contributed by atoms with E-state index in [1.54, 1.807) is 11.8 Å². The molecule has 17 heavy (non-hydrogen) atoms. The fourth-order valence-corrected chi connectivity index (χ4v) is 2.29. The van der Waals surface area contributed by atoms with Gasteiger partial charge in [-0.15, -0.1) is 11.8 Å². The van der Waals surface area contributed by atoms with Crippen LogP contribution in [-0.4, -0.2) is 16.0 Å². The lowest BCUT2D eigenvalue weighted by atomic mass is 10.2. The highest BCUT2D eigenvalue weighted by Crippen LogP contribution is 2.24. The molecule has 0 atom stereocenters. The number of nitrogens with two attached hydrogens (primary N) is 1. The average molecular weight is 312 g/mol. The fourth-order valence-electron chi connectivity index (χ4n) is 1.60. The zero-order valence-corrected chi connectivity index (χ0v) is 12.2. The zero-order valence-electron chi connectivity index (χ0n) is 9.77. The van der Waals surface area contributed by atoms with E-state index in [-0.39, 0.29) is 0 Å². The molecule has 0 bridgehead atoms. The molecule has 0 spiro atoms. The number of hydrogen-bond acceptors (Lipinski definition) is 3. The molecule has 0 aliphatic heterocycles. The number of nitrogen functional groups attached to an aromatic ring is 1. The Kier molecular flexibility index (Phi) is 3.79. The van der Waals surface area contributed by atoms with Crippen molar-refractivity contribution in [1.29, 1.82) is 0 Å². The summed E-state index contributed by atoms with van der Waals surface area (Å²) in [6.45, 7) is 2.64. The fraction of sp³-hybridized carbons (Fsp3) is 0.250. The number of aryl methyl sites for hydroxylation is 1. The first kappa shape index (κ1) is 12.5. The van der Waals surface area contributed by atoms with Crippen molar-refractivity contribution >= 4 is 33.5 Å². The Bertz CT molecular complexity index is 519. The van der Waals surface area contributed by atoms with Gasteiger partial charge in [-0.1, -0.05) is 12.1 Å². The van der Waals surface area contributed by atoms with E-state index < -0.39 is 0 Å². The number of thioether (sulfide) groups is 1. The second-order valence-corrected chi connectivity index (χ2v) is 5.46. The number of halogens is 1. The van der Waals surface area contributed by atoms with Crippen molar-refractivity contribution in [2.75, 3.05) is 12.0 Å². The molecule has 0 fully saturated rings. The Hall–Kier alpha value is -0.940. The predicted molar refractivity (Wildman–Crippen MR) is 76.4 cm³/mol. The number of nitrogens with zero attached hydrogens (tertiary/aromatic N) is 2. The lowest BCUT2D eigenvalue weighted by molar-refractivity contribution is 0.689. The molecule has 2 N–H and O–H groups in total. The van der Waals surface area contributed by atoms with Gasteiger partial charge in [0.2, 0.25) is 0 Å². The standard InChI is InChI=1S/C12H14BrN3S/c1-8-11(13)12(14)16(15-8)7-9-3-5-10(17-2)6-4-9/h3-6H,7,14H2,1-2H3. The molecule has 0 aliphatic carbocycles. The van der Waals surface area contributed by atoms with E-state index in [4.69, 9.17) is 5.73 Å². The van der Waals surface area contributed by atoms with Crippen LogP contribution in [-0.2, 0) is 6.54 Å². The molecule has 2 rings (SSSR count). The van der Waals surface area contributed by atoms with Crippen LogP contribution in [0.3, 0.4) is 0 Å². The number of anilines is 1. The van der Waals surface area contributed by atoms with Crippen molar-refractivity contribution in [3.63, 3.8) is 0 Å². The predicted octanol–water partition coefficient (Wildman–Crippen LogP) is 3.31. The summed E-state index contributed by atoms with van der Waals surface area (Å²) in [6.07, 6.45) is 2.07. The molecule has 5 heteroatoms. The molecule has 1 aromatic carbocycles. The molecule has 0 saturated carbocycles. The van der Waals surface area contributed by atoms with Crippen LogP contribution in [0.1, 0.15) is 11.3 Å². The minimum absolute atomic E-state index is 0.677. The summed E-state index contributed by atoms with van der Waals surface area (Å²) in [6, 6.07) is 8.44. The van der Waals surface area contributed by atoms with Gasteiger partial charge in [0.1, 0.15) is 5.82 Å². The summed E-state index contributed by atoms with van der Waals surface area (Å²) >= 11 is 5.16. The van der Waals surface area contributed by atoms with Crippen molar-refractivity contribution in [3.05, 3.63) is 40.0 Å². The SMILES string of the molecule is CSc1ccc(Cn2nc(C)c(Br)c2N)cc1. The van der Waals surface area contributed by atoms with Gasteiger partial charge < -0.3 is 5.73 Å². The van der Waals surface area contributed by atoms with Gasteiger partial charge in [-0.05, 0) is 46.8 Å². The highest BCUT2D eigenvalue weighted by atomic mass is 79.9. The maximum absolute atomic E-state index is 5.96. The van der Waals surface area contributed by atoms with Crippen molar-refractivity contribution in [1.82, 2.24) is 9.78 Å². The quantitative estimate of drug-likeness (QED) is 0.884. The first-order valence-electron chi connectivity index (χ1n) is 5.23. The van der Waals surface area contributed by atoms with Gasteiger partial charge in [0.15, 0.2) is 0 Å². The smallest absolute Gasteiger partial charge is 0.136 e. The molecule has 3 nitrogen and oxygen atoms in total. The second kappa shape index (κ2) is 5.14. The van der Waals surface area contributed by atoms with Crippen molar-refractivity contribution in [2.24, 2.45) is 0 Å². The molecule has 0 amide bonds. The third kappa shape index (κ3) is 2.66. The van der Waals surface area contributed by atoms with Gasteiger partial charge in [-0.3, -0.25) is 0 Å². The van der Waals surface area contributed by atoms with Gasteiger partial charge in [0.25, 0.3) is 0 Å². The average Bonchev–Trinajstić information content (AvgIpc) is 2.58. The molecule has 0 unspecified atom stereocenters. The summed E-state index contributed by atoms with van der Waals surface area (Å²) in [5.41, 5.74) is 8.08. The van der Waals surface area contributed by atoms with Gasteiger partial charge >= 0.3 is 0 Å². The number of hydrogen-bond donors (Lipinski definition) is 1. The van der Waals surface area contributed by atoms with E-state index in [1.807, 2.05) is 11.6 Å². The first-order valence-corrected chi connectivity index (χ1v) is 7.25. The molecular formula is C12H14BrN3S. The minimum Gasteiger partial charge on any atom is -0.383 e. The summed E-state index contributed by atoms with van der Waals surface area (Å²) in [4.78, 5) is 1.26. The zero-order chi connectivity index (χ0) is 12.4. The Morgan fingerprint density at radius 2 is 2.00 bits per heavy atom. The maximum Gasteiger partial charge on any atom is 0.136 e. The number of aromatic nitrogens is 2. The van der Waals surface area contributed by atoms with Crippen molar-refractivity contribution in [3.8, 4) is 0 Å². The summed E-state index contributed by atoms with van der Waals surface area (Å²) in [7, 11) is 0. The highest BCUT2D eigenvalue weighted by molar-refractivity contribution is 9.10. The Morgan fingerprint density at radius 1 is 1.35 bits per heavy atom. The summed E-state index contributed by atoms with van der Waals surface area (Å²) in [5, 5.41) is 4.39. The van der Waals surface area contributed by atoms with Crippen molar-refractivity contribution < 1.29 is 0 Å². The van der Waals surface area contributed by atoms with Crippen LogP contribution in [0.4, 0.5) is 5.82 Å². The molecule has 0 aliphatic rings. The van der Waals surface area contributed by atoms with E-state index in [2.05, 4.69) is 51.5 Å². The largest absolute Gasteiger partial charge is 0.383 e. The highest BCUT2D eigenvalue weighted by Gasteiger charge is 2.09. The number of benzene rings is 1. The molecule has 0 radical (unpaired) electrons. The Morgan fingerprint density at radius 3 is 2.47 bits per heavy atom. The topological polar surface area (TPSA) is 43.8 Å². The maximum atomic E-state index is 5.96. The molecule has 90 valence electrons. The van der Waals surface area contributed by atoms with E-state index in [1.165, 1.54) is 10.5 Å². The molecule has 1 aromatic heterocycles. The van der Waals surface area contributed by atoms with E-state index in [9.17, 15) is 0 Å². The molecule has 1 heterocycles. The summed E-state index contributed by atoms with van der Waals surface area (Å²) in [5.74, 6) is 0.677. The summed E-state index contributed by atoms with van der Waals surface area (Å²) < 4.78 is 2.70. The van der Waals surface area contributed by atoms with Crippen LogP contribution in [0, 0.1) is 6.92 Å². The van der Waals surface area contributed by atoms with Gasteiger partial charge in [0, 0.05) is 4.90 Å². The minimum atomic E-state index is 0.677. The first-order chi connectivity index (χ1) is 8.11. The number of rotatable bonds is 3. The Balaban J connectivity index is 2.22. The van der Waals surface area contributed by atoms with E-state index >= 15 is 0 Å². The third-order valence-electron chi connectivity index (χ3n) is 2.58. The molecule has 0 saturated heterocycles. The van der Waals surface area contributed by atoms with E-state index in [0.717, 1.165) is 10.2 Å². The molecular weight excluding hydrogens is 298 g/mol. The van der Waals surface area contributed by atoms with Gasteiger partial charge in [0.05, 0.1) is 16.7 Å². The lowest BCUT2D eigenvalue weighted by Crippen LogP contribution is -2.05. The van der Waals surface area contributed by atoms with Crippen LogP contribution in [0.25, 0.3) is 0 Å². The van der Waals surface area contributed by atoms with Gasteiger partial charge in [-0.25, -0.2) is 4.68 Å². The van der Waals surface area contributed by atoms with Gasteiger partial charge in [-0.2, -0.15) is 5.10 Å². The van der Waals surface area contributed by atoms with Crippen LogP contribution in [0.15, 0.2) is 33.6 Å². The van der Waals surface area contributed by atoms with E-state index in [0.29, 0.717) is 12.4 Å². The lowest BCUT2D eigenvalue weighted by Gasteiger charge is -2.05. The third-order valence-corrected chi connectivity index (χ3v) is 4.31. The van der Waals surface area contributed by atoms with Crippen molar-refractivity contribution in [2.45, 2.75) is 18.4 Å². The normalized spacial score (nSPS) is 10.8. The monoisotopic (exact) mass is 311 g/mol. The van der Waals surface area contributed by atoms with Crippen LogP contribution in [0.2, 0.25) is 0 Å².